The first-order valence-electron chi connectivity index (χ1n) is 4.15. The van der Waals surface area contributed by atoms with Gasteiger partial charge in [-0.15, -0.1) is 0 Å². The predicted molar refractivity (Wildman–Crippen MR) is 39.7 cm³/mol. The molecule has 0 bridgehead atoms. The first kappa shape index (κ1) is 8.90. The topological polar surface area (TPSA) is 77.8 Å². The lowest BCUT2D eigenvalue weighted by molar-refractivity contribution is -0.149. The molecule has 5 heteroatoms. The Morgan fingerprint density at radius 3 is 2.31 bits per heavy atom. The van der Waals surface area contributed by atoms with E-state index in [0.717, 1.165) is 0 Å². The molecule has 0 aromatic rings. The van der Waals surface area contributed by atoms with Crippen molar-refractivity contribution in [3.8, 4) is 0 Å². The van der Waals surface area contributed by atoms with Gasteiger partial charge in [0, 0.05) is 17.8 Å². The molecule has 0 aliphatic heterocycles. The SMILES string of the molecule is C[C@]12[C@H](O)C[C@H](O)[C@H]1[C@]2(F)C(=O)O. The summed E-state index contributed by atoms with van der Waals surface area (Å²) in [5, 5.41) is 27.3. The second kappa shape index (κ2) is 2.04. The van der Waals surface area contributed by atoms with E-state index >= 15 is 0 Å². The molecule has 3 N–H and O–H groups in total. The van der Waals surface area contributed by atoms with Gasteiger partial charge in [0.2, 0.25) is 5.67 Å². The fraction of sp³-hybridized carbons (Fsp3) is 0.875. The molecule has 13 heavy (non-hydrogen) atoms. The minimum absolute atomic E-state index is 0.0696. The van der Waals surface area contributed by atoms with Crippen LogP contribution in [0.25, 0.3) is 0 Å². The summed E-state index contributed by atoms with van der Waals surface area (Å²) < 4.78 is 13.7. The van der Waals surface area contributed by atoms with Gasteiger partial charge in [-0.05, 0) is 0 Å². The number of rotatable bonds is 1. The molecule has 2 aliphatic carbocycles. The molecule has 2 saturated carbocycles. The lowest BCUT2D eigenvalue weighted by atomic mass is 9.97. The Labute approximate surface area is 74.0 Å². The zero-order chi connectivity index (χ0) is 10.0. The molecule has 2 aliphatic rings. The van der Waals surface area contributed by atoms with Crippen LogP contribution in [0.4, 0.5) is 4.39 Å². The number of aliphatic carboxylic acids is 1. The number of carbonyl (C=O) groups is 1. The van der Waals surface area contributed by atoms with Crippen LogP contribution in [-0.2, 0) is 4.79 Å². The van der Waals surface area contributed by atoms with Crippen molar-refractivity contribution < 1.29 is 24.5 Å². The van der Waals surface area contributed by atoms with E-state index in [0.29, 0.717) is 0 Å². The normalized spacial score (nSPS) is 58.9. The Morgan fingerprint density at radius 1 is 1.54 bits per heavy atom. The number of hydrogen-bond acceptors (Lipinski definition) is 3. The van der Waals surface area contributed by atoms with Crippen LogP contribution in [0.5, 0.6) is 0 Å². The second-order valence-electron chi connectivity index (χ2n) is 4.10. The average molecular weight is 190 g/mol. The molecule has 0 radical (unpaired) electrons. The lowest BCUT2D eigenvalue weighted by Crippen LogP contribution is -2.35. The maximum Gasteiger partial charge on any atom is 0.342 e. The summed E-state index contributed by atoms with van der Waals surface area (Å²) in [5.41, 5.74) is -3.73. The van der Waals surface area contributed by atoms with Crippen molar-refractivity contribution in [3.63, 3.8) is 0 Å². The molecule has 2 fully saturated rings. The predicted octanol–water partition coefficient (Wildman–Crippen LogP) is -0.459. The molecular formula is C8H11FO4. The van der Waals surface area contributed by atoms with Gasteiger partial charge in [-0.2, -0.15) is 0 Å². The molecule has 4 nitrogen and oxygen atoms in total. The standard InChI is InChI=1S/C8H11FO4/c1-7-4(11)2-3(10)5(7)8(7,9)6(12)13/h3-5,10-11H,2H2,1H3,(H,12,13)/t3-,4+,5+,7-,8-/m0/s1. The van der Waals surface area contributed by atoms with E-state index in [-0.39, 0.29) is 6.42 Å². The van der Waals surface area contributed by atoms with Gasteiger partial charge in [0.1, 0.15) is 0 Å². The Kier molecular flexibility index (Phi) is 1.40. The molecule has 5 atom stereocenters. The third kappa shape index (κ3) is 0.670. The highest BCUT2D eigenvalue weighted by Crippen LogP contribution is 2.72. The van der Waals surface area contributed by atoms with Crippen LogP contribution in [0.2, 0.25) is 0 Å². The number of hydrogen-bond donors (Lipinski definition) is 3. The number of carboxylic acid groups (broad SMARTS) is 1. The summed E-state index contributed by atoms with van der Waals surface area (Å²) in [4.78, 5) is 10.6. The van der Waals surface area contributed by atoms with Crippen molar-refractivity contribution >= 4 is 5.97 Å². The Hall–Kier alpha value is -0.680. The molecule has 0 spiro atoms. The van der Waals surface area contributed by atoms with E-state index in [2.05, 4.69) is 0 Å². The van der Waals surface area contributed by atoms with Crippen LogP contribution in [0.15, 0.2) is 0 Å². The minimum atomic E-state index is -2.44. The van der Waals surface area contributed by atoms with Crippen LogP contribution in [0.1, 0.15) is 13.3 Å². The number of halogens is 1. The van der Waals surface area contributed by atoms with E-state index in [1.165, 1.54) is 6.92 Å². The van der Waals surface area contributed by atoms with Crippen molar-refractivity contribution in [3.05, 3.63) is 0 Å². The first-order chi connectivity index (χ1) is 5.86. The highest BCUT2D eigenvalue weighted by molar-refractivity contribution is 5.85. The van der Waals surface area contributed by atoms with E-state index in [4.69, 9.17) is 5.11 Å². The van der Waals surface area contributed by atoms with Gasteiger partial charge >= 0.3 is 5.97 Å². The molecule has 0 aromatic heterocycles. The number of alkyl halides is 1. The summed E-state index contributed by atoms with van der Waals surface area (Å²) in [6.45, 7) is 1.37. The summed E-state index contributed by atoms with van der Waals surface area (Å²) in [6, 6.07) is 0. The fourth-order valence-electron chi connectivity index (χ4n) is 2.72. The highest BCUT2D eigenvalue weighted by Gasteiger charge is 2.87. The Bertz CT molecular complexity index is 281. The lowest BCUT2D eigenvalue weighted by Gasteiger charge is -2.18. The number of carboxylic acids is 1. The van der Waals surface area contributed by atoms with Gasteiger partial charge in [-0.1, -0.05) is 6.92 Å². The van der Waals surface area contributed by atoms with Crippen molar-refractivity contribution in [2.45, 2.75) is 31.2 Å². The van der Waals surface area contributed by atoms with Gasteiger partial charge in [0.25, 0.3) is 0 Å². The van der Waals surface area contributed by atoms with E-state index in [1.807, 2.05) is 0 Å². The average Bonchev–Trinajstić information content (AvgIpc) is 2.41. The number of aliphatic hydroxyl groups excluding tert-OH is 2. The molecule has 0 saturated heterocycles. The number of aliphatic hydroxyl groups is 2. The molecule has 74 valence electrons. The maximum atomic E-state index is 13.7. The van der Waals surface area contributed by atoms with Crippen LogP contribution in [-0.4, -0.2) is 39.2 Å². The third-order valence-electron chi connectivity index (χ3n) is 3.63. The zero-order valence-corrected chi connectivity index (χ0v) is 7.07. The van der Waals surface area contributed by atoms with Crippen LogP contribution in [0, 0.1) is 11.3 Å². The van der Waals surface area contributed by atoms with Gasteiger partial charge in [0.15, 0.2) is 0 Å². The highest BCUT2D eigenvalue weighted by atomic mass is 19.1. The van der Waals surface area contributed by atoms with Crippen LogP contribution >= 0.6 is 0 Å². The third-order valence-corrected chi connectivity index (χ3v) is 3.63. The van der Waals surface area contributed by atoms with Gasteiger partial charge in [0.05, 0.1) is 12.2 Å². The largest absolute Gasteiger partial charge is 0.479 e. The maximum absolute atomic E-state index is 13.7. The molecule has 0 amide bonds. The minimum Gasteiger partial charge on any atom is -0.479 e. The summed E-state index contributed by atoms with van der Waals surface area (Å²) in [7, 11) is 0. The molecular weight excluding hydrogens is 179 g/mol. The van der Waals surface area contributed by atoms with Crippen molar-refractivity contribution in [2.75, 3.05) is 0 Å². The van der Waals surface area contributed by atoms with Crippen molar-refractivity contribution in [1.82, 2.24) is 0 Å². The Morgan fingerprint density at radius 2 is 2.08 bits per heavy atom. The monoisotopic (exact) mass is 190 g/mol. The van der Waals surface area contributed by atoms with Gasteiger partial charge in [-0.3, -0.25) is 0 Å². The van der Waals surface area contributed by atoms with E-state index in [1.54, 1.807) is 0 Å². The van der Waals surface area contributed by atoms with Gasteiger partial charge in [-0.25, -0.2) is 9.18 Å². The summed E-state index contributed by atoms with van der Waals surface area (Å²) >= 11 is 0. The molecule has 2 rings (SSSR count). The van der Waals surface area contributed by atoms with Crippen LogP contribution in [0.3, 0.4) is 0 Å². The first-order valence-corrected chi connectivity index (χ1v) is 4.15. The summed E-state index contributed by atoms with van der Waals surface area (Å²) in [5.74, 6) is -2.54. The second-order valence-corrected chi connectivity index (χ2v) is 4.10. The van der Waals surface area contributed by atoms with Crippen molar-refractivity contribution in [2.24, 2.45) is 11.3 Å². The van der Waals surface area contributed by atoms with Crippen LogP contribution < -0.4 is 0 Å². The number of fused-ring (bicyclic) bond motifs is 1. The van der Waals surface area contributed by atoms with Gasteiger partial charge < -0.3 is 15.3 Å². The molecule has 0 aromatic carbocycles. The molecule has 0 unspecified atom stereocenters. The van der Waals surface area contributed by atoms with E-state index in [9.17, 15) is 19.4 Å². The van der Waals surface area contributed by atoms with Crippen molar-refractivity contribution in [1.29, 1.82) is 0 Å². The smallest absolute Gasteiger partial charge is 0.342 e. The fourth-order valence-corrected chi connectivity index (χ4v) is 2.72. The molecule has 0 heterocycles. The zero-order valence-electron chi connectivity index (χ0n) is 7.07. The van der Waals surface area contributed by atoms with E-state index < -0.39 is 35.2 Å². The Balaban J connectivity index is 2.37. The summed E-state index contributed by atoms with van der Waals surface area (Å²) in [6.07, 6.45) is -2.03. The quantitative estimate of drug-likeness (QED) is 0.523.